The highest BCUT2D eigenvalue weighted by atomic mass is 79.9. The van der Waals surface area contributed by atoms with Crippen LogP contribution in [0.4, 0.5) is 18.9 Å². The molecule has 4 nitrogen and oxygen atoms in total. The maximum atomic E-state index is 12.1. The van der Waals surface area contributed by atoms with Gasteiger partial charge in [0.05, 0.1) is 11.3 Å². The Labute approximate surface area is 103 Å². The van der Waals surface area contributed by atoms with E-state index in [2.05, 4.69) is 26.0 Å². The molecule has 0 radical (unpaired) electrons. The number of hydrogen-bond acceptors (Lipinski definition) is 3. The van der Waals surface area contributed by atoms with Crippen LogP contribution in [0, 0.1) is 0 Å². The van der Waals surface area contributed by atoms with Crippen LogP contribution in [0.3, 0.4) is 0 Å². The molecule has 17 heavy (non-hydrogen) atoms. The molecule has 8 heteroatoms. The van der Waals surface area contributed by atoms with Gasteiger partial charge in [-0.3, -0.25) is 4.79 Å². The van der Waals surface area contributed by atoms with E-state index in [0.717, 1.165) is 6.07 Å². The predicted molar refractivity (Wildman–Crippen MR) is 58.6 cm³/mol. The second kappa shape index (κ2) is 4.82. The first-order valence-corrected chi connectivity index (χ1v) is 5.10. The van der Waals surface area contributed by atoms with Crippen molar-refractivity contribution in [3.05, 3.63) is 22.2 Å². The fourth-order valence-electron chi connectivity index (χ4n) is 1.12. The molecule has 3 N–H and O–H groups in total. The zero-order chi connectivity index (χ0) is 13.2. The van der Waals surface area contributed by atoms with Gasteiger partial charge in [-0.15, -0.1) is 13.2 Å². The number of nitrogens with two attached hydrogens (primary N) is 1. The molecule has 0 spiro atoms. The number of carbonyl (C=O) groups is 1. The molecule has 0 aliphatic carbocycles. The van der Waals surface area contributed by atoms with Gasteiger partial charge in [0.25, 0.3) is 5.91 Å². The van der Waals surface area contributed by atoms with Gasteiger partial charge < -0.3 is 15.8 Å². The number of nitrogen functional groups attached to an aromatic ring is 1. The zero-order valence-electron chi connectivity index (χ0n) is 8.56. The van der Waals surface area contributed by atoms with Gasteiger partial charge in [-0.25, -0.2) is 0 Å². The molecule has 0 saturated carbocycles. The standard InChI is InChI=1S/C9H8BrF3N2O2/c1-15-8(16)5-2-4(10)3-6(7(5)14)17-9(11,12)13/h2-3H,14H2,1H3,(H,15,16). The molecule has 0 bridgehead atoms. The first-order chi connectivity index (χ1) is 7.74. The number of rotatable bonds is 2. The van der Waals surface area contributed by atoms with Crippen LogP contribution in [0.5, 0.6) is 5.75 Å². The summed E-state index contributed by atoms with van der Waals surface area (Å²) < 4.78 is 40.2. The molecule has 0 aliphatic rings. The molecule has 0 aromatic heterocycles. The van der Waals surface area contributed by atoms with Crippen LogP contribution in [0.2, 0.25) is 0 Å². The van der Waals surface area contributed by atoms with Crippen molar-refractivity contribution < 1.29 is 22.7 Å². The topological polar surface area (TPSA) is 64.3 Å². The summed E-state index contributed by atoms with van der Waals surface area (Å²) in [6, 6.07) is 2.34. The van der Waals surface area contributed by atoms with Crippen molar-refractivity contribution in [1.82, 2.24) is 5.32 Å². The monoisotopic (exact) mass is 312 g/mol. The third-order valence-electron chi connectivity index (χ3n) is 1.80. The summed E-state index contributed by atoms with van der Waals surface area (Å²) in [5.74, 6) is -1.22. The molecule has 94 valence electrons. The molecule has 0 saturated heterocycles. The molecular formula is C9H8BrF3N2O2. The average molecular weight is 313 g/mol. The molecular weight excluding hydrogens is 305 g/mol. The minimum absolute atomic E-state index is 0.0962. The fraction of sp³-hybridized carbons (Fsp3) is 0.222. The lowest BCUT2D eigenvalue weighted by atomic mass is 10.1. The Bertz CT molecular complexity index is 449. The summed E-state index contributed by atoms with van der Waals surface area (Å²) in [6.45, 7) is 0. The molecule has 0 fully saturated rings. The van der Waals surface area contributed by atoms with Gasteiger partial charge in [-0.05, 0) is 12.1 Å². The summed E-state index contributed by atoms with van der Waals surface area (Å²) >= 11 is 2.97. The maximum Gasteiger partial charge on any atom is 0.573 e. The Morgan fingerprint density at radius 2 is 2.06 bits per heavy atom. The SMILES string of the molecule is CNC(=O)c1cc(Br)cc(OC(F)(F)F)c1N. The first kappa shape index (κ1) is 13.6. The number of hydrogen-bond donors (Lipinski definition) is 2. The minimum Gasteiger partial charge on any atom is -0.404 e. The Balaban J connectivity index is 3.24. The van der Waals surface area contributed by atoms with E-state index < -0.39 is 18.0 Å². The van der Waals surface area contributed by atoms with Crippen molar-refractivity contribution in [2.45, 2.75) is 6.36 Å². The number of ether oxygens (including phenoxy) is 1. The van der Waals surface area contributed by atoms with Crippen LogP contribution in [0.1, 0.15) is 10.4 Å². The second-order valence-corrected chi connectivity index (χ2v) is 3.91. The Kier molecular flexibility index (Phi) is 3.87. The molecule has 1 aromatic carbocycles. The van der Waals surface area contributed by atoms with E-state index >= 15 is 0 Å². The number of carbonyl (C=O) groups excluding carboxylic acids is 1. The van der Waals surface area contributed by atoms with Crippen LogP contribution >= 0.6 is 15.9 Å². The van der Waals surface area contributed by atoms with Gasteiger partial charge in [0.15, 0.2) is 5.75 Å². The van der Waals surface area contributed by atoms with Gasteiger partial charge >= 0.3 is 6.36 Å². The van der Waals surface area contributed by atoms with E-state index in [0.29, 0.717) is 0 Å². The summed E-state index contributed by atoms with van der Waals surface area (Å²) in [5.41, 5.74) is 4.96. The van der Waals surface area contributed by atoms with Gasteiger partial charge in [-0.1, -0.05) is 15.9 Å². The smallest absolute Gasteiger partial charge is 0.404 e. The number of nitrogens with one attached hydrogen (secondary N) is 1. The van der Waals surface area contributed by atoms with Crippen molar-refractivity contribution >= 4 is 27.5 Å². The van der Waals surface area contributed by atoms with E-state index in [4.69, 9.17) is 5.73 Å². The largest absolute Gasteiger partial charge is 0.573 e. The van der Waals surface area contributed by atoms with E-state index in [-0.39, 0.29) is 15.7 Å². The lowest BCUT2D eigenvalue weighted by Crippen LogP contribution is -2.22. The van der Waals surface area contributed by atoms with E-state index in [1.54, 1.807) is 0 Å². The van der Waals surface area contributed by atoms with Gasteiger partial charge in [0.1, 0.15) is 0 Å². The first-order valence-electron chi connectivity index (χ1n) is 4.31. The van der Waals surface area contributed by atoms with Crippen molar-refractivity contribution in [2.75, 3.05) is 12.8 Å². The Morgan fingerprint density at radius 1 is 1.47 bits per heavy atom. The van der Waals surface area contributed by atoms with Crippen molar-refractivity contribution in [1.29, 1.82) is 0 Å². The third-order valence-corrected chi connectivity index (χ3v) is 2.26. The predicted octanol–water partition coefficient (Wildman–Crippen LogP) is 2.29. The molecule has 0 aliphatic heterocycles. The summed E-state index contributed by atoms with van der Waals surface area (Å²) in [7, 11) is 1.34. The van der Waals surface area contributed by atoms with E-state index in [1.807, 2.05) is 0 Å². The van der Waals surface area contributed by atoms with Crippen LogP contribution < -0.4 is 15.8 Å². The maximum absolute atomic E-state index is 12.1. The highest BCUT2D eigenvalue weighted by molar-refractivity contribution is 9.10. The summed E-state index contributed by atoms with van der Waals surface area (Å²) in [6.07, 6.45) is -4.87. The van der Waals surface area contributed by atoms with E-state index in [9.17, 15) is 18.0 Å². The van der Waals surface area contributed by atoms with Crippen molar-refractivity contribution in [2.24, 2.45) is 0 Å². The van der Waals surface area contributed by atoms with Crippen LogP contribution in [0.15, 0.2) is 16.6 Å². The molecule has 1 aromatic rings. The number of amides is 1. The molecule has 0 unspecified atom stereocenters. The number of anilines is 1. The number of halogens is 4. The molecule has 1 amide bonds. The second-order valence-electron chi connectivity index (χ2n) is 2.99. The number of alkyl halides is 3. The average Bonchev–Trinajstić information content (AvgIpc) is 2.19. The minimum atomic E-state index is -4.87. The lowest BCUT2D eigenvalue weighted by molar-refractivity contribution is -0.274. The van der Waals surface area contributed by atoms with E-state index in [1.165, 1.54) is 13.1 Å². The van der Waals surface area contributed by atoms with Crippen LogP contribution in [-0.2, 0) is 0 Å². The van der Waals surface area contributed by atoms with Gasteiger partial charge in [0, 0.05) is 11.5 Å². The Hall–Kier alpha value is -1.44. The highest BCUT2D eigenvalue weighted by Crippen LogP contribution is 2.33. The summed E-state index contributed by atoms with van der Waals surface area (Å²) in [4.78, 5) is 11.4. The zero-order valence-corrected chi connectivity index (χ0v) is 10.1. The van der Waals surface area contributed by atoms with Crippen molar-refractivity contribution in [3.63, 3.8) is 0 Å². The molecule has 1 rings (SSSR count). The van der Waals surface area contributed by atoms with Crippen LogP contribution in [0.25, 0.3) is 0 Å². The third kappa shape index (κ3) is 3.52. The van der Waals surface area contributed by atoms with Gasteiger partial charge in [-0.2, -0.15) is 0 Å². The Morgan fingerprint density at radius 3 is 2.53 bits per heavy atom. The summed E-state index contributed by atoms with van der Waals surface area (Å²) in [5, 5.41) is 2.26. The molecule has 0 heterocycles. The number of benzene rings is 1. The normalized spacial score (nSPS) is 11.1. The molecule has 0 atom stereocenters. The quantitative estimate of drug-likeness (QED) is 0.824. The lowest BCUT2D eigenvalue weighted by Gasteiger charge is -2.14. The highest BCUT2D eigenvalue weighted by Gasteiger charge is 2.32. The fourth-order valence-corrected chi connectivity index (χ4v) is 1.56. The van der Waals surface area contributed by atoms with Gasteiger partial charge in [0.2, 0.25) is 0 Å². The van der Waals surface area contributed by atoms with Crippen LogP contribution in [-0.4, -0.2) is 19.3 Å². The van der Waals surface area contributed by atoms with Crippen molar-refractivity contribution in [3.8, 4) is 5.75 Å².